The molecule has 10 nitrogen and oxygen atoms in total. The van der Waals surface area contributed by atoms with Crippen LogP contribution in [0.4, 0.5) is 5.82 Å². The van der Waals surface area contributed by atoms with Gasteiger partial charge in [-0.05, 0) is 31.8 Å². The van der Waals surface area contributed by atoms with Gasteiger partial charge in [-0.1, -0.05) is 12.1 Å². The lowest BCUT2D eigenvalue weighted by Crippen LogP contribution is -2.20. The third-order valence-electron chi connectivity index (χ3n) is 3.89. The van der Waals surface area contributed by atoms with E-state index in [1.165, 1.54) is 16.7 Å². The van der Waals surface area contributed by atoms with E-state index >= 15 is 0 Å². The minimum absolute atomic E-state index is 0.101. The zero-order valence-electron chi connectivity index (χ0n) is 15.0. The van der Waals surface area contributed by atoms with Crippen LogP contribution in [-0.2, 0) is 6.54 Å². The molecule has 2 aromatic heterocycles. The molecule has 27 heavy (non-hydrogen) atoms. The molecule has 0 fully saturated rings. The second-order valence-electron chi connectivity index (χ2n) is 6.22. The number of hydrogen-bond acceptors (Lipinski definition) is 8. The summed E-state index contributed by atoms with van der Waals surface area (Å²) in [6.07, 6.45) is 0. The van der Waals surface area contributed by atoms with Crippen molar-refractivity contribution in [1.29, 1.82) is 0 Å². The predicted octanol–water partition coefficient (Wildman–Crippen LogP) is 0.801. The monoisotopic (exact) mass is 372 g/mol. The van der Waals surface area contributed by atoms with Gasteiger partial charge in [0.05, 0.1) is 12.1 Å². The molecule has 142 valence electrons. The number of ether oxygens (including phenoxy) is 1. The molecule has 2 heterocycles. The van der Waals surface area contributed by atoms with E-state index in [1.54, 1.807) is 12.1 Å². The van der Waals surface area contributed by atoms with Crippen molar-refractivity contribution in [1.82, 2.24) is 24.4 Å². The van der Waals surface area contributed by atoms with Gasteiger partial charge in [0.25, 0.3) is 6.01 Å². The van der Waals surface area contributed by atoms with Crippen LogP contribution in [0.3, 0.4) is 0 Å². The van der Waals surface area contributed by atoms with Crippen LogP contribution in [-0.4, -0.2) is 67.8 Å². The molecule has 1 aromatic carbocycles. The predicted molar refractivity (Wildman–Crippen MR) is 98.0 cm³/mol. The first-order valence-electron chi connectivity index (χ1n) is 8.17. The number of rotatable bonds is 7. The Labute approximate surface area is 154 Å². The third-order valence-corrected chi connectivity index (χ3v) is 3.89. The Morgan fingerprint density at radius 1 is 1.22 bits per heavy atom. The van der Waals surface area contributed by atoms with Crippen LogP contribution in [0.15, 0.2) is 24.3 Å². The van der Waals surface area contributed by atoms with Gasteiger partial charge in [0.15, 0.2) is 17.0 Å². The summed E-state index contributed by atoms with van der Waals surface area (Å²) in [5.74, 6) is -0.896. The highest BCUT2D eigenvalue weighted by atomic mass is 16.5. The van der Waals surface area contributed by atoms with Crippen LogP contribution >= 0.6 is 0 Å². The van der Waals surface area contributed by atoms with Crippen molar-refractivity contribution in [2.45, 2.75) is 6.54 Å². The van der Waals surface area contributed by atoms with Crippen molar-refractivity contribution in [3.05, 3.63) is 35.4 Å². The Hall–Kier alpha value is -3.40. The lowest BCUT2D eigenvalue weighted by molar-refractivity contribution is 0.0697. The zero-order valence-corrected chi connectivity index (χ0v) is 15.0. The fourth-order valence-corrected chi connectivity index (χ4v) is 2.45. The molecule has 3 rings (SSSR count). The number of benzene rings is 1. The summed E-state index contributed by atoms with van der Waals surface area (Å²) < 4.78 is 6.99. The molecule has 0 bridgehead atoms. The van der Waals surface area contributed by atoms with Crippen LogP contribution in [0, 0.1) is 0 Å². The van der Waals surface area contributed by atoms with Gasteiger partial charge in [-0.15, -0.1) is 0 Å². The number of carboxylic acids is 1. The topological polar surface area (TPSA) is 140 Å². The summed E-state index contributed by atoms with van der Waals surface area (Å²) in [5, 5.41) is 19.2. The molecular weight excluding hydrogens is 352 g/mol. The summed E-state index contributed by atoms with van der Waals surface area (Å²) in [6, 6.07) is 6.14. The number of aromatic carboxylic acids is 1. The maximum absolute atomic E-state index is 11.0. The molecule has 0 spiro atoms. The summed E-state index contributed by atoms with van der Waals surface area (Å²) in [6.45, 7) is 1.30. The number of fused-ring (bicyclic) bond motifs is 1. The lowest BCUT2D eigenvalue weighted by atomic mass is 10.1. The molecule has 10 heteroatoms. The molecule has 0 aliphatic carbocycles. The van der Waals surface area contributed by atoms with Crippen molar-refractivity contribution in [3.63, 3.8) is 0 Å². The second kappa shape index (κ2) is 7.46. The Morgan fingerprint density at radius 3 is 2.56 bits per heavy atom. The summed E-state index contributed by atoms with van der Waals surface area (Å²) in [4.78, 5) is 25.3. The highest BCUT2D eigenvalue weighted by Gasteiger charge is 2.17. The number of hydrogen-bond donors (Lipinski definition) is 3. The Kier molecular flexibility index (Phi) is 5.08. The fraction of sp³-hybridized carbons (Fsp3) is 0.294. The van der Waals surface area contributed by atoms with Crippen LogP contribution in [0.2, 0.25) is 0 Å². The van der Waals surface area contributed by atoms with Crippen molar-refractivity contribution in [2.75, 3.05) is 33.0 Å². The van der Waals surface area contributed by atoms with Crippen LogP contribution in [0.5, 0.6) is 12.0 Å². The van der Waals surface area contributed by atoms with E-state index in [9.17, 15) is 9.90 Å². The van der Waals surface area contributed by atoms with Crippen molar-refractivity contribution in [3.8, 4) is 12.0 Å². The highest BCUT2D eigenvalue weighted by Crippen LogP contribution is 2.25. The standard InChI is InChI=1S/C17H20N6O4/c1-22(2)7-8-27-16-20-13(18)12-14(21-16)23(17(26)19-12)9-10-3-5-11(6-4-10)15(24)25/h3-6H,7-9H2,1-2H3,(H,19,26)(H,24,25)(H2,18,20,21). The van der Waals surface area contributed by atoms with E-state index in [4.69, 9.17) is 15.6 Å². The Bertz CT molecular complexity index is 968. The van der Waals surface area contributed by atoms with Crippen LogP contribution in [0.1, 0.15) is 15.9 Å². The van der Waals surface area contributed by atoms with E-state index in [0.717, 1.165) is 5.56 Å². The average molecular weight is 372 g/mol. The van der Waals surface area contributed by atoms with E-state index in [-0.39, 0.29) is 35.5 Å². The quantitative estimate of drug-likeness (QED) is 0.549. The number of anilines is 1. The van der Waals surface area contributed by atoms with Gasteiger partial charge < -0.3 is 25.6 Å². The maximum atomic E-state index is 11.0. The number of carboxylic acid groups (broad SMARTS) is 1. The molecule has 3 aromatic rings. The largest absolute Gasteiger partial charge is 0.480 e. The first kappa shape index (κ1) is 18.4. The number of imidazole rings is 1. The first-order chi connectivity index (χ1) is 12.8. The number of aromatic hydroxyl groups is 1. The Balaban J connectivity index is 1.90. The summed E-state index contributed by atoms with van der Waals surface area (Å²) in [7, 11) is 3.84. The molecule has 4 N–H and O–H groups in total. The summed E-state index contributed by atoms with van der Waals surface area (Å²) in [5.41, 5.74) is 7.48. The molecular formula is C17H20N6O4. The molecule has 0 aliphatic heterocycles. The van der Waals surface area contributed by atoms with Gasteiger partial charge in [-0.2, -0.15) is 15.0 Å². The molecule has 0 amide bonds. The number of nitrogens with zero attached hydrogens (tertiary/aromatic N) is 5. The average Bonchev–Trinajstić information content (AvgIpc) is 2.92. The number of aromatic nitrogens is 4. The van der Waals surface area contributed by atoms with Gasteiger partial charge in [-0.3, -0.25) is 4.57 Å². The van der Waals surface area contributed by atoms with E-state index in [0.29, 0.717) is 18.8 Å². The first-order valence-corrected chi connectivity index (χ1v) is 8.17. The second-order valence-corrected chi connectivity index (χ2v) is 6.22. The van der Waals surface area contributed by atoms with E-state index < -0.39 is 5.97 Å². The van der Waals surface area contributed by atoms with Crippen molar-refractivity contribution in [2.24, 2.45) is 0 Å². The number of likely N-dealkylation sites (N-methyl/N-ethyl adjacent to an activating group) is 1. The van der Waals surface area contributed by atoms with Gasteiger partial charge in [0, 0.05) is 6.54 Å². The van der Waals surface area contributed by atoms with E-state index in [2.05, 4.69) is 15.0 Å². The fourth-order valence-electron chi connectivity index (χ4n) is 2.45. The van der Waals surface area contributed by atoms with Crippen LogP contribution in [0.25, 0.3) is 11.2 Å². The van der Waals surface area contributed by atoms with Gasteiger partial charge in [0.2, 0.25) is 0 Å². The van der Waals surface area contributed by atoms with Crippen molar-refractivity contribution >= 4 is 23.0 Å². The number of carbonyl (C=O) groups is 1. The van der Waals surface area contributed by atoms with Crippen LogP contribution < -0.4 is 10.5 Å². The van der Waals surface area contributed by atoms with Gasteiger partial charge in [-0.25, -0.2) is 4.79 Å². The SMILES string of the molecule is CN(C)CCOc1nc(N)c2nc(O)n(Cc3ccc(C(=O)O)cc3)c2n1. The minimum atomic E-state index is -1.00. The molecule has 0 radical (unpaired) electrons. The van der Waals surface area contributed by atoms with Gasteiger partial charge in [0.1, 0.15) is 6.61 Å². The molecule has 0 aliphatic rings. The summed E-state index contributed by atoms with van der Waals surface area (Å²) >= 11 is 0. The molecule has 0 atom stereocenters. The Morgan fingerprint density at radius 2 is 1.93 bits per heavy atom. The van der Waals surface area contributed by atoms with E-state index in [1.807, 2.05) is 19.0 Å². The normalized spacial score (nSPS) is 11.2. The maximum Gasteiger partial charge on any atom is 0.335 e. The molecule has 0 unspecified atom stereocenters. The zero-order chi connectivity index (χ0) is 19.6. The minimum Gasteiger partial charge on any atom is -0.480 e. The smallest absolute Gasteiger partial charge is 0.335 e. The molecule has 0 saturated heterocycles. The number of nitrogen functional groups attached to an aromatic ring is 1. The van der Waals surface area contributed by atoms with Gasteiger partial charge >= 0.3 is 12.0 Å². The molecule has 0 saturated carbocycles. The highest BCUT2D eigenvalue weighted by molar-refractivity contribution is 5.87. The van der Waals surface area contributed by atoms with Crippen molar-refractivity contribution < 1.29 is 19.7 Å². The lowest BCUT2D eigenvalue weighted by Gasteiger charge is -2.10. The third kappa shape index (κ3) is 4.06. The number of nitrogens with two attached hydrogens (primary N) is 1.